The lowest BCUT2D eigenvalue weighted by atomic mass is 9.81. The van der Waals surface area contributed by atoms with Gasteiger partial charge in [0.25, 0.3) is 5.69 Å². The number of aryl methyl sites for hydroxylation is 1. The Hall–Kier alpha value is -3.48. The lowest BCUT2D eigenvalue weighted by Gasteiger charge is -2.24. The number of nitrogens with zero attached hydrogens (tertiary/aromatic N) is 1. The summed E-state index contributed by atoms with van der Waals surface area (Å²) in [5.74, 6) is -0.676. The van der Waals surface area contributed by atoms with Crippen LogP contribution < -0.4 is 4.74 Å². The molecule has 0 aromatic heterocycles. The van der Waals surface area contributed by atoms with Crippen molar-refractivity contribution in [1.29, 1.82) is 0 Å². The number of rotatable bonds is 5. The van der Waals surface area contributed by atoms with Gasteiger partial charge in [-0.1, -0.05) is 26.0 Å². The highest BCUT2D eigenvalue weighted by Crippen LogP contribution is 2.46. The molecule has 3 rings (SSSR count). The Morgan fingerprint density at radius 1 is 1.07 bits per heavy atom. The molecule has 0 aliphatic heterocycles. The molecule has 1 aliphatic carbocycles. The largest absolute Gasteiger partial charge is 0.463 e. The van der Waals surface area contributed by atoms with E-state index in [9.17, 15) is 19.7 Å². The smallest absolute Gasteiger partial charge is 0.343 e. The number of carbonyl (C=O) groups excluding carboxylic acids is 2. The number of esters is 2. The zero-order valence-corrected chi connectivity index (χ0v) is 16.6. The molecular weight excluding hydrogens is 374 g/mol. The molecule has 7 heteroatoms. The minimum absolute atomic E-state index is 0.109. The lowest BCUT2D eigenvalue weighted by Crippen LogP contribution is -2.24. The molecule has 2 aromatic carbocycles. The van der Waals surface area contributed by atoms with Gasteiger partial charge in [0.2, 0.25) is 0 Å². The third-order valence-corrected chi connectivity index (χ3v) is 5.03. The Morgan fingerprint density at radius 3 is 2.31 bits per heavy atom. The molecule has 150 valence electrons. The van der Waals surface area contributed by atoms with Crippen molar-refractivity contribution >= 4 is 23.7 Å². The molecule has 0 fully saturated rings. The molecule has 2 aromatic rings. The highest BCUT2D eigenvalue weighted by molar-refractivity contribution is 6.01. The summed E-state index contributed by atoms with van der Waals surface area (Å²) in [4.78, 5) is 35.3. The second kappa shape index (κ2) is 7.50. The summed E-state index contributed by atoms with van der Waals surface area (Å²) in [5.41, 5.74) is 2.24. The predicted octanol–water partition coefficient (Wildman–Crippen LogP) is 4.36. The van der Waals surface area contributed by atoms with Gasteiger partial charge in [-0.15, -0.1) is 0 Å². The first-order chi connectivity index (χ1) is 13.7. The number of carbonyl (C=O) groups is 2. The van der Waals surface area contributed by atoms with Crippen molar-refractivity contribution in [3.63, 3.8) is 0 Å². The third-order valence-electron chi connectivity index (χ3n) is 5.03. The maximum atomic E-state index is 12.6. The summed E-state index contributed by atoms with van der Waals surface area (Å²) in [7, 11) is 0. The number of nitro benzene ring substituents is 1. The van der Waals surface area contributed by atoms with Crippen LogP contribution in [-0.2, 0) is 14.9 Å². The summed E-state index contributed by atoms with van der Waals surface area (Å²) in [6, 6.07) is 8.95. The van der Waals surface area contributed by atoms with E-state index in [2.05, 4.69) is 0 Å². The van der Waals surface area contributed by atoms with Crippen LogP contribution in [0.3, 0.4) is 0 Å². The summed E-state index contributed by atoms with van der Waals surface area (Å²) < 4.78 is 10.8. The molecule has 0 unspecified atom stereocenters. The van der Waals surface area contributed by atoms with Crippen LogP contribution in [0.4, 0.5) is 5.69 Å². The fourth-order valence-corrected chi connectivity index (χ4v) is 3.40. The number of hydrogen-bond donors (Lipinski definition) is 0. The number of nitro groups is 1. The molecule has 1 aliphatic rings. The maximum Gasteiger partial charge on any atom is 0.343 e. The van der Waals surface area contributed by atoms with Crippen molar-refractivity contribution in [2.24, 2.45) is 0 Å². The Labute approximate surface area is 168 Å². The van der Waals surface area contributed by atoms with Gasteiger partial charge in [0.05, 0.1) is 17.1 Å². The standard InChI is InChI=1S/C22H21NO6/c1-5-28-21(25)18-12-16-17(22(18,3)4)11-6-13(2)19(16)29-20(24)14-7-9-15(10-8-14)23(26)27/h6-12H,5H2,1-4H3. The van der Waals surface area contributed by atoms with E-state index in [-0.39, 0.29) is 17.9 Å². The lowest BCUT2D eigenvalue weighted by molar-refractivity contribution is -0.384. The first-order valence-electron chi connectivity index (χ1n) is 9.16. The van der Waals surface area contributed by atoms with Crippen molar-refractivity contribution < 1.29 is 24.0 Å². The summed E-state index contributed by atoms with van der Waals surface area (Å²) in [6.45, 7) is 7.65. The number of non-ortho nitro benzene ring substituents is 1. The van der Waals surface area contributed by atoms with Crippen LogP contribution in [0.1, 0.15) is 47.8 Å². The second-order valence-electron chi connectivity index (χ2n) is 7.27. The third kappa shape index (κ3) is 3.63. The highest BCUT2D eigenvalue weighted by Gasteiger charge is 2.39. The molecule has 0 spiro atoms. The van der Waals surface area contributed by atoms with Crippen LogP contribution in [0.5, 0.6) is 5.75 Å². The highest BCUT2D eigenvalue weighted by atomic mass is 16.6. The molecule has 0 amide bonds. The molecule has 0 saturated heterocycles. The molecule has 7 nitrogen and oxygen atoms in total. The van der Waals surface area contributed by atoms with Crippen LogP contribution >= 0.6 is 0 Å². The normalized spacial score (nSPS) is 14.0. The van der Waals surface area contributed by atoms with E-state index in [0.29, 0.717) is 16.9 Å². The van der Waals surface area contributed by atoms with Gasteiger partial charge in [0.1, 0.15) is 5.75 Å². The van der Waals surface area contributed by atoms with E-state index in [1.54, 1.807) is 13.0 Å². The van der Waals surface area contributed by atoms with Crippen molar-refractivity contribution in [2.75, 3.05) is 6.61 Å². The molecule has 0 heterocycles. The fraction of sp³-hybridized carbons (Fsp3) is 0.273. The van der Waals surface area contributed by atoms with E-state index < -0.39 is 22.3 Å². The average Bonchev–Trinajstić information content (AvgIpc) is 2.95. The molecule has 0 bridgehead atoms. The second-order valence-corrected chi connectivity index (χ2v) is 7.27. The molecule has 0 radical (unpaired) electrons. The van der Waals surface area contributed by atoms with Gasteiger partial charge in [0.15, 0.2) is 0 Å². The monoisotopic (exact) mass is 395 g/mol. The minimum Gasteiger partial charge on any atom is -0.463 e. The van der Waals surface area contributed by atoms with Gasteiger partial charge >= 0.3 is 11.9 Å². The van der Waals surface area contributed by atoms with Crippen molar-refractivity contribution in [2.45, 2.75) is 33.1 Å². The Balaban J connectivity index is 1.98. The zero-order chi connectivity index (χ0) is 21.3. The molecule has 0 N–H and O–H groups in total. The molecule has 0 atom stereocenters. The number of fused-ring (bicyclic) bond motifs is 1. The molecule has 0 saturated carbocycles. The van der Waals surface area contributed by atoms with Crippen LogP contribution in [0.25, 0.3) is 6.08 Å². The first-order valence-corrected chi connectivity index (χ1v) is 9.16. The number of hydrogen-bond acceptors (Lipinski definition) is 6. The topological polar surface area (TPSA) is 95.7 Å². The van der Waals surface area contributed by atoms with E-state index in [4.69, 9.17) is 9.47 Å². The van der Waals surface area contributed by atoms with Crippen LogP contribution in [0.15, 0.2) is 42.0 Å². The Bertz CT molecular complexity index is 1030. The van der Waals surface area contributed by atoms with Crippen molar-refractivity contribution in [3.05, 3.63) is 74.3 Å². The van der Waals surface area contributed by atoms with Gasteiger partial charge in [-0.2, -0.15) is 0 Å². The first kappa shape index (κ1) is 20.3. The summed E-state index contributed by atoms with van der Waals surface area (Å²) in [6.07, 6.45) is 1.71. The summed E-state index contributed by atoms with van der Waals surface area (Å²) in [5, 5.41) is 10.8. The average molecular weight is 395 g/mol. The zero-order valence-electron chi connectivity index (χ0n) is 16.6. The SMILES string of the molecule is CCOC(=O)C1=Cc2c(ccc(C)c2OC(=O)c2ccc([N+](=O)[O-])cc2)C1(C)C. The summed E-state index contributed by atoms with van der Waals surface area (Å²) >= 11 is 0. The van der Waals surface area contributed by atoms with Crippen molar-refractivity contribution in [1.82, 2.24) is 0 Å². The van der Waals surface area contributed by atoms with Gasteiger partial charge in [-0.3, -0.25) is 10.1 Å². The molecule has 29 heavy (non-hydrogen) atoms. The van der Waals surface area contributed by atoms with Gasteiger partial charge < -0.3 is 9.47 Å². The number of ether oxygens (including phenoxy) is 2. The Morgan fingerprint density at radius 2 is 1.72 bits per heavy atom. The minimum atomic E-state index is -0.632. The van der Waals surface area contributed by atoms with E-state index in [1.807, 2.05) is 32.9 Å². The maximum absolute atomic E-state index is 12.6. The molecular formula is C22H21NO6. The predicted molar refractivity (Wildman–Crippen MR) is 107 cm³/mol. The van der Waals surface area contributed by atoms with Gasteiger partial charge in [-0.05, 0) is 43.2 Å². The number of benzene rings is 2. The van der Waals surface area contributed by atoms with Crippen LogP contribution in [0, 0.1) is 17.0 Å². The quantitative estimate of drug-likeness (QED) is 0.323. The van der Waals surface area contributed by atoms with E-state index in [0.717, 1.165) is 11.1 Å². The Kier molecular flexibility index (Phi) is 5.24. The van der Waals surface area contributed by atoms with E-state index in [1.165, 1.54) is 24.3 Å². The van der Waals surface area contributed by atoms with Crippen LogP contribution in [0.2, 0.25) is 0 Å². The fourth-order valence-electron chi connectivity index (χ4n) is 3.40. The van der Waals surface area contributed by atoms with E-state index >= 15 is 0 Å². The van der Waals surface area contributed by atoms with Gasteiger partial charge in [0, 0.05) is 28.7 Å². The van der Waals surface area contributed by atoms with Gasteiger partial charge in [-0.25, -0.2) is 9.59 Å². The van der Waals surface area contributed by atoms with Crippen molar-refractivity contribution in [3.8, 4) is 5.75 Å². The van der Waals surface area contributed by atoms with Crippen LogP contribution in [-0.4, -0.2) is 23.5 Å².